The molecular formula is C16H20N2O3. The maximum absolute atomic E-state index is 12.2. The van der Waals surface area contributed by atoms with Crippen LogP contribution in [0, 0.1) is 5.41 Å². The van der Waals surface area contributed by atoms with Crippen molar-refractivity contribution < 1.29 is 14.7 Å². The number of hydrogen-bond acceptors (Lipinski definition) is 3. The van der Waals surface area contributed by atoms with Crippen molar-refractivity contribution in [3.05, 3.63) is 24.3 Å². The molecule has 0 unspecified atom stereocenters. The zero-order valence-electron chi connectivity index (χ0n) is 12.0. The molecule has 112 valence electrons. The fourth-order valence-corrected chi connectivity index (χ4v) is 3.05. The zero-order chi connectivity index (χ0) is 14.9. The maximum atomic E-state index is 12.2. The highest BCUT2D eigenvalue weighted by Crippen LogP contribution is 2.42. The Morgan fingerprint density at radius 3 is 2.14 bits per heavy atom. The number of nitrogens with zero attached hydrogens (tertiary/aromatic N) is 1. The van der Waals surface area contributed by atoms with Crippen molar-refractivity contribution in [3.8, 4) is 0 Å². The third kappa shape index (κ3) is 2.48. The van der Waals surface area contributed by atoms with Gasteiger partial charge in [0.2, 0.25) is 5.91 Å². The number of aliphatic carboxylic acids is 1. The van der Waals surface area contributed by atoms with Gasteiger partial charge in [0.05, 0.1) is 0 Å². The van der Waals surface area contributed by atoms with Crippen LogP contribution in [0.15, 0.2) is 24.3 Å². The van der Waals surface area contributed by atoms with Crippen molar-refractivity contribution in [3.63, 3.8) is 0 Å². The van der Waals surface area contributed by atoms with E-state index in [0.29, 0.717) is 18.5 Å². The lowest BCUT2D eigenvalue weighted by molar-refractivity contribution is -0.159. The van der Waals surface area contributed by atoms with E-state index in [9.17, 15) is 14.7 Å². The smallest absolute Gasteiger partial charge is 0.319 e. The van der Waals surface area contributed by atoms with Crippen molar-refractivity contribution in [1.29, 1.82) is 0 Å². The molecule has 0 atom stereocenters. The summed E-state index contributed by atoms with van der Waals surface area (Å²) in [6.07, 6.45) is 4.10. The Balaban J connectivity index is 1.67. The molecule has 0 spiro atoms. The lowest BCUT2D eigenvalue weighted by Crippen LogP contribution is -2.48. The molecule has 2 fully saturated rings. The van der Waals surface area contributed by atoms with Crippen LogP contribution in [0.4, 0.5) is 11.4 Å². The molecule has 1 amide bonds. The van der Waals surface area contributed by atoms with Crippen molar-refractivity contribution in [2.45, 2.75) is 32.1 Å². The van der Waals surface area contributed by atoms with Gasteiger partial charge in [-0.25, -0.2) is 0 Å². The first kappa shape index (κ1) is 13.9. The molecule has 0 aromatic heterocycles. The summed E-state index contributed by atoms with van der Waals surface area (Å²) in [4.78, 5) is 25.8. The van der Waals surface area contributed by atoms with Crippen LogP contribution in [0.2, 0.25) is 0 Å². The molecule has 1 aromatic carbocycles. The van der Waals surface area contributed by atoms with Crippen molar-refractivity contribution >= 4 is 23.3 Å². The van der Waals surface area contributed by atoms with E-state index in [4.69, 9.17) is 0 Å². The second-order valence-corrected chi connectivity index (χ2v) is 5.94. The van der Waals surface area contributed by atoms with Crippen LogP contribution in [0.1, 0.15) is 32.1 Å². The van der Waals surface area contributed by atoms with Gasteiger partial charge in [-0.15, -0.1) is 0 Å². The molecule has 1 aliphatic heterocycles. The van der Waals surface area contributed by atoms with Gasteiger partial charge in [-0.3, -0.25) is 9.59 Å². The minimum absolute atomic E-state index is 0.393. The third-order valence-corrected chi connectivity index (χ3v) is 4.65. The monoisotopic (exact) mass is 288 g/mol. The van der Waals surface area contributed by atoms with E-state index in [1.165, 1.54) is 12.8 Å². The molecule has 21 heavy (non-hydrogen) atoms. The van der Waals surface area contributed by atoms with Gasteiger partial charge in [0, 0.05) is 24.5 Å². The summed E-state index contributed by atoms with van der Waals surface area (Å²) in [5.74, 6) is -1.41. The Morgan fingerprint density at radius 2 is 1.67 bits per heavy atom. The average Bonchev–Trinajstić information content (AvgIpc) is 2.91. The highest BCUT2D eigenvalue weighted by atomic mass is 16.4. The van der Waals surface area contributed by atoms with Gasteiger partial charge in [0.1, 0.15) is 5.41 Å². The second kappa shape index (κ2) is 5.39. The van der Waals surface area contributed by atoms with Gasteiger partial charge in [0.15, 0.2) is 0 Å². The normalized spacial score (nSPS) is 19.9. The number of nitrogens with one attached hydrogen (secondary N) is 1. The Kier molecular flexibility index (Phi) is 3.57. The van der Waals surface area contributed by atoms with Crippen LogP contribution in [0.5, 0.6) is 0 Å². The fourth-order valence-electron chi connectivity index (χ4n) is 3.05. The SMILES string of the molecule is O=C(O)C1(C(=O)Nc2ccc(N3CCCC3)cc2)CCC1. The number of carbonyl (C=O) groups excluding carboxylic acids is 1. The van der Waals surface area contributed by atoms with Gasteiger partial charge in [-0.1, -0.05) is 6.42 Å². The summed E-state index contributed by atoms with van der Waals surface area (Å²) in [5.41, 5.74) is 0.603. The average molecular weight is 288 g/mol. The number of benzene rings is 1. The molecule has 5 nitrogen and oxygen atoms in total. The van der Waals surface area contributed by atoms with E-state index in [-0.39, 0.29) is 0 Å². The third-order valence-electron chi connectivity index (χ3n) is 4.65. The molecule has 0 radical (unpaired) electrons. The number of carboxylic acid groups (broad SMARTS) is 1. The zero-order valence-corrected chi connectivity index (χ0v) is 12.0. The summed E-state index contributed by atoms with van der Waals surface area (Å²) in [6, 6.07) is 7.66. The molecule has 1 aliphatic carbocycles. The van der Waals surface area contributed by atoms with Crippen LogP contribution in [-0.4, -0.2) is 30.1 Å². The Bertz CT molecular complexity index is 543. The van der Waals surface area contributed by atoms with Gasteiger partial charge >= 0.3 is 5.97 Å². The van der Waals surface area contributed by atoms with Crippen LogP contribution < -0.4 is 10.2 Å². The first-order valence-electron chi connectivity index (χ1n) is 7.52. The molecule has 3 rings (SSSR count). The van der Waals surface area contributed by atoms with Crippen LogP contribution in [-0.2, 0) is 9.59 Å². The molecule has 2 N–H and O–H groups in total. The molecule has 0 bridgehead atoms. The van der Waals surface area contributed by atoms with E-state index >= 15 is 0 Å². The first-order chi connectivity index (χ1) is 10.1. The molecule has 1 aromatic rings. The van der Waals surface area contributed by atoms with E-state index < -0.39 is 17.3 Å². The number of rotatable bonds is 4. The second-order valence-electron chi connectivity index (χ2n) is 5.94. The molecule has 1 heterocycles. The van der Waals surface area contributed by atoms with Crippen molar-refractivity contribution in [1.82, 2.24) is 0 Å². The first-order valence-corrected chi connectivity index (χ1v) is 7.52. The Morgan fingerprint density at radius 1 is 1.05 bits per heavy atom. The predicted molar refractivity (Wildman–Crippen MR) is 80.4 cm³/mol. The minimum atomic E-state index is -1.21. The van der Waals surface area contributed by atoms with E-state index in [1.807, 2.05) is 24.3 Å². The van der Waals surface area contributed by atoms with Crippen molar-refractivity contribution in [2.24, 2.45) is 5.41 Å². The highest BCUT2D eigenvalue weighted by molar-refractivity contribution is 6.09. The molecule has 1 saturated heterocycles. The highest BCUT2D eigenvalue weighted by Gasteiger charge is 2.51. The van der Waals surface area contributed by atoms with E-state index in [2.05, 4.69) is 10.2 Å². The maximum Gasteiger partial charge on any atom is 0.319 e. The summed E-state index contributed by atoms with van der Waals surface area (Å²) in [6.45, 7) is 2.15. The van der Waals surface area contributed by atoms with Gasteiger partial charge in [-0.05, 0) is 49.9 Å². The minimum Gasteiger partial charge on any atom is -0.480 e. The predicted octanol–water partition coefficient (Wildman–Crippen LogP) is 2.48. The quantitative estimate of drug-likeness (QED) is 0.835. The van der Waals surface area contributed by atoms with Gasteiger partial charge in [0.25, 0.3) is 0 Å². The summed E-state index contributed by atoms with van der Waals surface area (Å²) < 4.78 is 0. The molecule has 2 aliphatic rings. The number of anilines is 2. The standard InChI is InChI=1S/C16H20N2O3/c19-14(16(15(20)21)8-3-9-16)17-12-4-6-13(7-5-12)18-10-1-2-11-18/h4-7H,1-3,8-11H2,(H,17,19)(H,20,21). The van der Waals surface area contributed by atoms with Crippen molar-refractivity contribution in [2.75, 3.05) is 23.3 Å². The van der Waals surface area contributed by atoms with Crippen LogP contribution in [0.3, 0.4) is 0 Å². The number of hydrogen-bond donors (Lipinski definition) is 2. The number of carbonyl (C=O) groups is 2. The fraction of sp³-hybridized carbons (Fsp3) is 0.500. The molecule has 5 heteroatoms. The van der Waals surface area contributed by atoms with E-state index in [1.54, 1.807) is 0 Å². The van der Waals surface area contributed by atoms with E-state index in [0.717, 1.165) is 25.2 Å². The summed E-state index contributed by atoms with van der Waals surface area (Å²) in [5, 5.41) is 12.0. The van der Waals surface area contributed by atoms with Crippen LogP contribution in [0.25, 0.3) is 0 Å². The Labute approximate surface area is 123 Å². The molecule has 1 saturated carbocycles. The van der Waals surface area contributed by atoms with Crippen LogP contribution >= 0.6 is 0 Å². The van der Waals surface area contributed by atoms with Gasteiger partial charge in [-0.2, -0.15) is 0 Å². The lowest BCUT2D eigenvalue weighted by atomic mass is 9.68. The Hall–Kier alpha value is -2.04. The largest absolute Gasteiger partial charge is 0.480 e. The number of carboxylic acids is 1. The number of amides is 1. The summed E-state index contributed by atoms with van der Waals surface area (Å²) >= 11 is 0. The molecular weight excluding hydrogens is 268 g/mol. The lowest BCUT2D eigenvalue weighted by Gasteiger charge is -2.35. The topological polar surface area (TPSA) is 69.6 Å². The van der Waals surface area contributed by atoms with Gasteiger partial charge < -0.3 is 15.3 Å². The summed E-state index contributed by atoms with van der Waals surface area (Å²) in [7, 11) is 0.